The van der Waals surface area contributed by atoms with E-state index in [1.165, 1.54) is 0 Å². The Morgan fingerprint density at radius 3 is 3.00 bits per heavy atom. The highest BCUT2D eigenvalue weighted by Gasteiger charge is 2.04. The number of nitrogen functional groups attached to an aromatic ring is 1. The standard InChI is InChI=1S/C10H10ClN3/c11-9-3-1-2-8(10(9)12)4-7-5-13-14-6-7/h1-3,5-6H,4,12H2,(H,13,14). The van der Waals surface area contributed by atoms with Crippen molar-refractivity contribution in [3.63, 3.8) is 0 Å². The summed E-state index contributed by atoms with van der Waals surface area (Å²) in [5, 5.41) is 7.23. The molecule has 0 aliphatic rings. The molecule has 1 aromatic carbocycles. The Labute approximate surface area is 86.9 Å². The second-order valence-corrected chi connectivity index (χ2v) is 3.50. The number of rotatable bonds is 2. The lowest BCUT2D eigenvalue weighted by Gasteiger charge is -2.04. The Morgan fingerprint density at radius 2 is 2.29 bits per heavy atom. The predicted molar refractivity (Wildman–Crippen MR) is 57.3 cm³/mol. The molecule has 0 bridgehead atoms. The minimum atomic E-state index is 0.603. The third-order valence-electron chi connectivity index (χ3n) is 2.09. The molecule has 3 N–H and O–H groups in total. The van der Waals surface area contributed by atoms with Gasteiger partial charge in [-0.15, -0.1) is 0 Å². The second-order valence-electron chi connectivity index (χ2n) is 3.10. The molecular formula is C10H10ClN3. The number of hydrogen-bond donors (Lipinski definition) is 2. The van der Waals surface area contributed by atoms with E-state index in [4.69, 9.17) is 17.3 Å². The third kappa shape index (κ3) is 1.72. The molecule has 0 amide bonds. The molecule has 0 atom stereocenters. The molecule has 0 spiro atoms. The van der Waals surface area contributed by atoms with Gasteiger partial charge in [-0.1, -0.05) is 23.7 Å². The first-order chi connectivity index (χ1) is 6.77. The largest absolute Gasteiger partial charge is 0.397 e. The molecule has 0 saturated heterocycles. The maximum absolute atomic E-state index is 5.91. The van der Waals surface area contributed by atoms with Crippen LogP contribution in [0.1, 0.15) is 11.1 Å². The molecule has 4 heteroatoms. The van der Waals surface area contributed by atoms with Crippen LogP contribution in [0.15, 0.2) is 30.6 Å². The molecule has 0 fully saturated rings. The van der Waals surface area contributed by atoms with Gasteiger partial charge in [0, 0.05) is 12.6 Å². The number of nitrogens with two attached hydrogens (primary N) is 1. The van der Waals surface area contributed by atoms with Crippen molar-refractivity contribution in [3.8, 4) is 0 Å². The third-order valence-corrected chi connectivity index (χ3v) is 2.42. The molecule has 72 valence electrons. The Kier molecular flexibility index (Phi) is 2.41. The first-order valence-electron chi connectivity index (χ1n) is 4.28. The fourth-order valence-electron chi connectivity index (χ4n) is 1.33. The van der Waals surface area contributed by atoms with E-state index in [1.54, 1.807) is 12.3 Å². The van der Waals surface area contributed by atoms with E-state index in [-0.39, 0.29) is 0 Å². The molecule has 1 aromatic heterocycles. The highest BCUT2D eigenvalue weighted by Crippen LogP contribution is 2.24. The summed E-state index contributed by atoms with van der Waals surface area (Å²) in [5.41, 5.74) is 8.61. The van der Waals surface area contributed by atoms with Crippen LogP contribution in [0, 0.1) is 0 Å². The van der Waals surface area contributed by atoms with Crippen molar-refractivity contribution in [2.24, 2.45) is 0 Å². The first kappa shape index (κ1) is 9.09. The van der Waals surface area contributed by atoms with Crippen LogP contribution >= 0.6 is 11.6 Å². The Morgan fingerprint density at radius 1 is 1.43 bits per heavy atom. The van der Waals surface area contributed by atoms with Gasteiger partial charge < -0.3 is 5.73 Å². The highest BCUT2D eigenvalue weighted by molar-refractivity contribution is 6.33. The number of H-pyrrole nitrogens is 1. The lowest BCUT2D eigenvalue weighted by molar-refractivity contribution is 1.09. The van der Waals surface area contributed by atoms with Gasteiger partial charge >= 0.3 is 0 Å². The van der Waals surface area contributed by atoms with E-state index < -0.39 is 0 Å². The zero-order valence-corrected chi connectivity index (χ0v) is 8.25. The van der Waals surface area contributed by atoms with Crippen LogP contribution in [0.2, 0.25) is 5.02 Å². The maximum Gasteiger partial charge on any atom is 0.0638 e. The molecule has 0 aliphatic heterocycles. The monoisotopic (exact) mass is 207 g/mol. The van der Waals surface area contributed by atoms with Crippen LogP contribution in [-0.4, -0.2) is 10.2 Å². The minimum absolute atomic E-state index is 0.603. The fraction of sp³-hybridized carbons (Fsp3) is 0.100. The average molecular weight is 208 g/mol. The van der Waals surface area contributed by atoms with Crippen LogP contribution in [0.5, 0.6) is 0 Å². The summed E-state index contributed by atoms with van der Waals surface area (Å²) in [5.74, 6) is 0. The fourth-order valence-corrected chi connectivity index (χ4v) is 1.52. The zero-order chi connectivity index (χ0) is 9.97. The summed E-state index contributed by atoms with van der Waals surface area (Å²) in [7, 11) is 0. The number of nitrogens with zero attached hydrogens (tertiary/aromatic N) is 1. The van der Waals surface area contributed by atoms with E-state index in [1.807, 2.05) is 18.3 Å². The number of para-hydroxylation sites is 1. The summed E-state index contributed by atoms with van der Waals surface area (Å²) in [6.45, 7) is 0. The van der Waals surface area contributed by atoms with Gasteiger partial charge in [0.1, 0.15) is 0 Å². The zero-order valence-electron chi connectivity index (χ0n) is 7.50. The topological polar surface area (TPSA) is 54.7 Å². The molecule has 2 rings (SSSR count). The van der Waals surface area contributed by atoms with Crippen molar-refractivity contribution in [2.45, 2.75) is 6.42 Å². The molecule has 0 radical (unpaired) electrons. The normalized spacial score (nSPS) is 10.4. The van der Waals surface area contributed by atoms with Gasteiger partial charge in [0.05, 0.1) is 16.9 Å². The number of nitrogens with one attached hydrogen (secondary N) is 1. The maximum atomic E-state index is 5.91. The van der Waals surface area contributed by atoms with Crippen molar-refractivity contribution < 1.29 is 0 Å². The second kappa shape index (κ2) is 3.72. The minimum Gasteiger partial charge on any atom is -0.397 e. The van der Waals surface area contributed by atoms with Gasteiger partial charge in [-0.05, 0) is 17.2 Å². The van der Waals surface area contributed by atoms with Crippen LogP contribution in [0.3, 0.4) is 0 Å². The molecule has 0 saturated carbocycles. The summed E-state index contributed by atoms with van der Waals surface area (Å²) in [4.78, 5) is 0. The number of benzene rings is 1. The van der Waals surface area contributed by atoms with Gasteiger partial charge in [0.25, 0.3) is 0 Å². The lowest BCUT2D eigenvalue weighted by Crippen LogP contribution is -1.95. The Balaban J connectivity index is 2.29. The number of anilines is 1. The predicted octanol–water partition coefficient (Wildman–Crippen LogP) is 2.24. The van der Waals surface area contributed by atoms with Crippen LogP contribution in [0.25, 0.3) is 0 Å². The van der Waals surface area contributed by atoms with Crippen molar-refractivity contribution in [1.29, 1.82) is 0 Å². The first-order valence-corrected chi connectivity index (χ1v) is 4.65. The van der Waals surface area contributed by atoms with Crippen molar-refractivity contribution in [3.05, 3.63) is 46.7 Å². The van der Waals surface area contributed by atoms with Crippen LogP contribution in [-0.2, 0) is 6.42 Å². The molecular weight excluding hydrogens is 198 g/mol. The lowest BCUT2D eigenvalue weighted by atomic mass is 10.1. The van der Waals surface area contributed by atoms with Gasteiger partial charge in [-0.25, -0.2) is 0 Å². The molecule has 3 nitrogen and oxygen atoms in total. The van der Waals surface area contributed by atoms with Gasteiger partial charge in [0.2, 0.25) is 0 Å². The van der Waals surface area contributed by atoms with Crippen LogP contribution in [0.4, 0.5) is 5.69 Å². The number of halogens is 1. The van der Waals surface area contributed by atoms with Crippen molar-refractivity contribution in [2.75, 3.05) is 5.73 Å². The summed E-state index contributed by atoms with van der Waals surface area (Å²) in [6, 6.07) is 5.65. The smallest absolute Gasteiger partial charge is 0.0638 e. The van der Waals surface area contributed by atoms with E-state index in [0.717, 1.165) is 17.5 Å². The molecule has 0 unspecified atom stereocenters. The van der Waals surface area contributed by atoms with E-state index >= 15 is 0 Å². The van der Waals surface area contributed by atoms with Gasteiger partial charge in [-0.3, -0.25) is 5.10 Å². The highest BCUT2D eigenvalue weighted by atomic mass is 35.5. The quantitative estimate of drug-likeness (QED) is 0.743. The van der Waals surface area contributed by atoms with Crippen LogP contribution < -0.4 is 5.73 Å². The summed E-state index contributed by atoms with van der Waals surface area (Å²) < 4.78 is 0. The summed E-state index contributed by atoms with van der Waals surface area (Å²) in [6.07, 6.45) is 4.38. The van der Waals surface area contributed by atoms with Crippen molar-refractivity contribution >= 4 is 17.3 Å². The molecule has 1 heterocycles. The van der Waals surface area contributed by atoms with Gasteiger partial charge in [-0.2, -0.15) is 5.10 Å². The molecule has 2 aromatic rings. The number of aromatic amines is 1. The van der Waals surface area contributed by atoms with E-state index in [2.05, 4.69) is 10.2 Å². The summed E-state index contributed by atoms with van der Waals surface area (Å²) >= 11 is 5.91. The number of hydrogen-bond acceptors (Lipinski definition) is 2. The Hall–Kier alpha value is -1.48. The van der Waals surface area contributed by atoms with E-state index in [0.29, 0.717) is 10.7 Å². The van der Waals surface area contributed by atoms with E-state index in [9.17, 15) is 0 Å². The molecule has 14 heavy (non-hydrogen) atoms. The average Bonchev–Trinajstić information content (AvgIpc) is 2.66. The Bertz CT molecular complexity index is 423. The molecule has 0 aliphatic carbocycles. The van der Waals surface area contributed by atoms with Crippen molar-refractivity contribution in [1.82, 2.24) is 10.2 Å². The van der Waals surface area contributed by atoms with Gasteiger partial charge in [0.15, 0.2) is 0 Å². The number of aromatic nitrogens is 2. The SMILES string of the molecule is Nc1c(Cl)cccc1Cc1cn[nH]c1.